The first-order valence-electron chi connectivity index (χ1n) is 4.02. The van der Waals surface area contributed by atoms with Gasteiger partial charge in [0, 0.05) is 6.54 Å². The van der Waals surface area contributed by atoms with Crippen molar-refractivity contribution in [3.63, 3.8) is 0 Å². The van der Waals surface area contributed by atoms with Crippen molar-refractivity contribution < 1.29 is 9.21 Å². The summed E-state index contributed by atoms with van der Waals surface area (Å²) < 4.78 is 4.92. The van der Waals surface area contributed by atoms with E-state index in [1.807, 2.05) is 13.8 Å². The second kappa shape index (κ2) is 3.95. The highest BCUT2D eigenvalue weighted by atomic mass is 16.3. The Morgan fingerprint density at radius 1 is 1.67 bits per heavy atom. The van der Waals surface area contributed by atoms with Gasteiger partial charge in [0.15, 0.2) is 5.76 Å². The standard InChI is InChI=1S/C9H13NO2/c1-7(2)6-10-9(11)8-4-3-5-12-8/h3-5,7H,6H2,1-2H3,(H,10,11). The number of carbonyl (C=O) groups is 1. The summed E-state index contributed by atoms with van der Waals surface area (Å²) in [5.41, 5.74) is 0. The first-order chi connectivity index (χ1) is 5.70. The normalized spacial score (nSPS) is 10.2. The maximum Gasteiger partial charge on any atom is 0.286 e. The van der Waals surface area contributed by atoms with E-state index in [1.165, 1.54) is 6.26 Å². The zero-order valence-corrected chi connectivity index (χ0v) is 7.33. The number of amides is 1. The third kappa shape index (κ3) is 2.42. The van der Waals surface area contributed by atoms with Crippen molar-refractivity contribution in [3.8, 4) is 0 Å². The fraction of sp³-hybridized carbons (Fsp3) is 0.444. The molecule has 1 rings (SSSR count). The molecule has 1 aromatic rings. The molecule has 1 aromatic heterocycles. The highest BCUT2D eigenvalue weighted by Crippen LogP contribution is 1.99. The topological polar surface area (TPSA) is 42.2 Å². The van der Waals surface area contributed by atoms with Crippen molar-refractivity contribution in [3.05, 3.63) is 24.2 Å². The van der Waals surface area contributed by atoms with E-state index in [1.54, 1.807) is 12.1 Å². The molecule has 0 saturated heterocycles. The highest BCUT2D eigenvalue weighted by molar-refractivity contribution is 5.91. The fourth-order valence-corrected chi connectivity index (χ4v) is 0.792. The van der Waals surface area contributed by atoms with E-state index in [-0.39, 0.29) is 5.91 Å². The lowest BCUT2D eigenvalue weighted by Gasteiger charge is -2.04. The number of furan rings is 1. The summed E-state index contributed by atoms with van der Waals surface area (Å²) in [6.45, 7) is 4.77. The van der Waals surface area contributed by atoms with Crippen molar-refractivity contribution in [2.75, 3.05) is 6.54 Å². The molecule has 0 bridgehead atoms. The third-order valence-corrected chi connectivity index (χ3v) is 1.42. The van der Waals surface area contributed by atoms with Crippen molar-refractivity contribution in [1.82, 2.24) is 5.32 Å². The van der Waals surface area contributed by atoms with E-state index in [4.69, 9.17) is 4.42 Å². The van der Waals surface area contributed by atoms with Crippen molar-refractivity contribution in [2.45, 2.75) is 13.8 Å². The summed E-state index contributed by atoms with van der Waals surface area (Å²) in [7, 11) is 0. The van der Waals surface area contributed by atoms with Crippen LogP contribution < -0.4 is 5.32 Å². The van der Waals surface area contributed by atoms with Crippen LogP contribution in [0.25, 0.3) is 0 Å². The number of carbonyl (C=O) groups excluding carboxylic acids is 1. The molecular formula is C9H13NO2. The summed E-state index contributed by atoms with van der Waals surface area (Å²) in [5, 5.41) is 2.75. The van der Waals surface area contributed by atoms with Crippen LogP contribution in [-0.4, -0.2) is 12.5 Å². The van der Waals surface area contributed by atoms with Crippen LogP contribution in [-0.2, 0) is 0 Å². The maximum atomic E-state index is 11.2. The lowest BCUT2D eigenvalue weighted by Crippen LogP contribution is -2.26. The summed E-state index contributed by atoms with van der Waals surface area (Å²) in [6, 6.07) is 3.35. The molecule has 0 saturated carbocycles. The van der Waals surface area contributed by atoms with Crippen LogP contribution in [0.2, 0.25) is 0 Å². The zero-order chi connectivity index (χ0) is 8.97. The van der Waals surface area contributed by atoms with Gasteiger partial charge in [-0.15, -0.1) is 0 Å². The van der Waals surface area contributed by atoms with Crippen LogP contribution in [0.1, 0.15) is 24.4 Å². The SMILES string of the molecule is CC(C)CNC(=O)c1ccco1. The van der Waals surface area contributed by atoms with E-state index >= 15 is 0 Å². The first kappa shape index (κ1) is 8.84. The minimum Gasteiger partial charge on any atom is -0.459 e. The molecule has 3 heteroatoms. The van der Waals surface area contributed by atoms with Gasteiger partial charge in [-0.25, -0.2) is 0 Å². The molecule has 0 aliphatic rings. The van der Waals surface area contributed by atoms with E-state index in [2.05, 4.69) is 5.32 Å². The van der Waals surface area contributed by atoms with Gasteiger partial charge >= 0.3 is 0 Å². The molecule has 0 spiro atoms. The molecule has 0 aromatic carbocycles. The summed E-state index contributed by atoms with van der Waals surface area (Å²) in [5.74, 6) is 0.688. The average molecular weight is 167 g/mol. The molecule has 1 amide bonds. The van der Waals surface area contributed by atoms with Crippen LogP contribution in [0.15, 0.2) is 22.8 Å². The lowest BCUT2D eigenvalue weighted by atomic mass is 10.2. The number of rotatable bonds is 3. The quantitative estimate of drug-likeness (QED) is 0.744. The smallest absolute Gasteiger partial charge is 0.286 e. The van der Waals surface area contributed by atoms with Gasteiger partial charge in [0.1, 0.15) is 0 Å². The number of hydrogen-bond donors (Lipinski definition) is 1. The molecule has 0 unspecified atom stereocenters. The van der Waals surface area contributed by atoms with Gasteiger partial charge in [-0.1, -0.05) is 13.8 Å². The highest BCUT2D eigenvalue weighted by Gasteiger charge is 2.07. The van der Waals surface area contributed by atoms with Gasteiger partial charge in [-0.05, 0) is 18.1 Å². The Balaban J connectivity index is 2.40. The average Bonchev–Trinajstić information content (AvgIpc) is 2.51. The number of hydrogen-bond acceptors (Lipinski definition) is 2. The Bertz CT molecular complexity index is 239. The van der Waals surface area contributed by atoms with Gasteiger partial charge in [0.05, 0.1) is 6.26 Å². The van der Waals surface area contributed by atoms with Gasteiger partial charge in [-0.3, -0.25) is 4.79 Å². The lowest BCUT2D eigenvalue weighted by molar-refractivity contribution is 0.0921. The summed E-state index contributed by atoms with van der Waals surface area (Å²) >= 11 is 0. The molecule has 0 aliphatic carbocycles. The molecule has 0 aliphatic heterocycles. The monoisotopic (exact) mass is 167 g/mol. The Morgan fingerprint density at radius 3 is 2.92 bits per heavy atom. The number of nitrogens with one attached hydrogen (secondary N) is 1. The van der Waals surface area contributed by atoms with Crippen molar-refractivity contribution >= 4 is 5.91 Å². The van der Waals surface area contributed by atoms with Crippen molar-refractivity contribution in [1.29, 1.82) is 0 Å². The Labute approximate surface area is 71.8 Å². The van der Waals surface area contributed by atoms with Crippen LogP contribution >= 0.6 is 0 Å². The summed E-state index contributed by atoms with van der Waals surface area (Å²) in [4.78, 5) is 11.2. The van der Waals surface area contributed by atoms with Crippen LogP contribution in [0.4, 0.5) is 0 Å². The van der Waals surface area contributed by atoms with E-state index < -0.39 is 0 Å². The minimum atomic E-state index is -0.145. The molecule has 3 nitrogen and oxygen atoms in total. The molecule has 1 heterocycles. The predicted molar refractivity (Wildman–Crippen MR) is 45.9 cm³/mol. The van der Waals surface area contributed by atoms with Gasteiger partial charge in [0.25, 0.3) is 5.91 Å². The molecule has 66 valence electrons. The van der Waals surface area contributed by atoms with Crippen molar-refractivity contribution in [2.24, 2.45) is 5.92 Å². The Morgan fingerprint density at radius 2 is 2.42 bits per heavy atom. The first-order valence-corrected chi connectivity index (χ1v) is 4.02. The molecule has 0 atom stereocenters. The second-order valence-electron chi connectivity index (χ2n) is 3.08. The largest absolute Gasteiger partial charge is 0.459 e. The fourth-order valence-electron chi connectivity index (χ4n) is 0.792. The van der Waals surface area contributed by atoms with Gasteiger partial charge in [-0.2, -0.15) is 0 Å². The second-order valence-corrected chi connectivity index (χ2v) is 3.08. The van der Waals surface area contributed by atoms with E-state index in [9.17, 15) is 4.79 Å². The molecule has 1 N–H and O–H groups in total. The summed E-state index contributed by atoms with van der Waals surface area (Å²) in [6.07, 6.45) is 1.49. The zero-order valence-electron chi connectivity index (χ0n) is 7.33. The minimum absolute atomic E-state index is 0.145. The maximum absolute atomic E-state index is 11.2. The third-order valence-electron chi connectivity index (χ3n) is 1.42. The molecule has 12 heavy (non-hydrogen) atoms. The molecular weight excluding hydrogens is 154 g/mol. The van der Waals surface area contributed by atoms with Gasteiger partial charge < -0.3 is 9.73 Å². The Hall–Kier alpha value is -1.25. The Kier molecular flexibility index (Phi) is 2.91. The van der Waals surface area contributed by atoms with Gasteiger partial charge in [0.2, 0.25) is 0 Å². The van der Waals surface area contributed by atoms with Crippen LogP contribution in [0, 0.1) is 5.92 Å². The van der Waals surface area contributed by atoms with Crippen LogP contribution in [0.3, 0.4) is 0 Å². The van der Waals surface area contributed by atoms with Crippen LogP contribution in [0.5, 0.6) is 0 Å². The molecule has 0 radical (unpaired) electrons. The predicted octanol–water partition coefficient (Wildman–Crippen LogP) is 1.67. The van der Waals surface area contributed by atoms with E-state index in [0.717, 1.165) is 0 Å². The molecule has 0 fully saturated rings. The van der Waals surface area contributed by atoms with E-state index in [0.29, 0.717) is 18.2 Å².